The van der Waals surface area contributed by atoms with E-state index in [1.807, 2.05) is 61.5 Å². The number of carbonyl (C=O) groups is 1. The lowest BCUT2D eigenvalue weighted by atomic mass is 10.0. The van der Waals surface area contributed by atoms with Gasteiger partial charge in [-0.2, -0.15) is 0 Å². The van der Waals surface area contributed by atoms with Crippen molar-refractivity contribution < 1.29 is 19.0 Å². The fraction of sp³-hybridized carbons (Fsp3) is 0.280. The summed E-state index contributed by atoms with van der Waals surface area (Å²) in [5.74, 6) is 1.24. The molecule has 1 amide bonds. The topological polar surface area (TPSA) is 60.4 Å². The lowest BCUT2D eigenvalue weighted by Gasteiger charge is -2.15. The van der Waals surface area contributed by atoms with Gasteiger partial charge in [0.2, 0.25) is 0 Å². The van der Waals surface area contributed by atoms with E-state index in [9.17, 15) is 4.79 Å². The van der Waals surface area contributed by atoms with Crippen molar-refractivity contribution in [1.82, 2.24) is 4.90 Å². The van der Waals surface area contributed by atoms with Gasteiger partial charge in [-0.25, -0.2) is 4.99 Å². The number of hydrogen-bond acceptors (Lipinski definition) is 6. The van der Waals surface area contributed by atoms with Crippen molar-refractivity contribution in [3.63, 3.8) is 0 Å². The van der Waals surface area contributed by atoms with Gasteiger partial charge >= 0.3 is 0 Å². The highest BCUT2D eigenvalue weighted by molar-refractivity contribution is 8.18. The summed E-state index contributed by atoms with van der Waals surface area (Å²) >= 11 is 1.36. The molecule has 2 aromatic rings. The smallest absolute Gasteiger partial charge is 0.266 e. The molecule has 168 valence electrons. The fourth-order valence-corrected chi connectivity index (χ4v) is 4.33. The van der Waals surface area contributed by atoms with Gasteiger partial charge in [-0.15, -0.1) is 6.58 Å². The van der Waals surface area contributed by atoms with Crippen molar-refractivity contribution in [3.05, 3.63) is 71.2 Å². The Kier molecular flexibility index (Phi) is 8.53. The van der Waals surface area contributed by atoms with E-state index in [0.717, 1.165) is 16.8 Å². The molecule has 1 heterocycles. The van der Waals surface area contributed by atoms with Crippen molar-refractivity contribution in [2.75, 3.05) is 34.0 Å². The SMILES string of the molecule is C=CCc1cc(/C=C2\SC(=Nc3ccccc3)N(CCOC)C2=O)cc(OCC)c1OC. The number of rotatable bonds is 10. The predicted molar refractivity (Wildman–Crippen MR) is 131 cm³/mol. The molecular weight excluding hydrogens is 424 g/mol. The molecule has 0 N–H and O–H groups in total. The molecule has 1 aliphatic heterocycles. The number of benzene rings is 2. The molecule has 1 aliphatic rings. The van der Waals surface area contributed by atoms with Gasteiger partial charge in [0.1, 0.15) is 0 Å². The second-order valence-corrected chi connectivity index (χ2v) is 7.94. The molecule has 3 rings (SSSR count). The van der Waals surface area contributed by atoms with Crippen molar-refractivity contribution >= 4 is 34.6 Å². The molecule has 6 nitrogen and oxygen atoms in total. The van der Waals surface area contributed by atoms with Crippen molar-refractivity contribution in [2.24, 2.45) is 4.99 Å². The van der Waals surface area contributed by atoms with Crippen LogP contribution in [0.1, 0.15) is 18.1 Å². The summed E-state index contributed by atoms with van der Waals surface area (Å²) in [5, 5.41) is 0.634. The third kappa shape index (κ3) is 5.60. The molecule has 0 unspecified atom stereocenters. The standard InChI is InChI=1S/C25H28N2O4S/c1-5-10-19-15-18(16-21(31-6-2)23(19)30-4)17-22-24(28)27(13-14-29-3)25(32-22)26-20-11-8-7-9-12-20/h5,7-9,11-12,15-17H,1,6,10,13-14H2,2-4H3/b22-17-,26-25?. The summed E-state index contributed by atoms with van der Waals surface area (Å²) < 4.78 is 16.6. The maximum absolute atomic E-state index is 13.2. The molecule has 1 fully saturated rings. The molecule has 0 radical (unpaired) electrons. The highest BCUT2D eigenvalue weighted by atomic mass is 32.2. The minimum Gasteiger partial charge on any atom is -0.493 e. The van der Waals surface area contributed by atoms with Crippen molar-refractivity contribution in [1.29, 1.82) is 0 Å². The van der Waals surface area contributed by atoms with Gasteiger partial charge in [-0.1, -0.05) is 24.3 Å². The van der Waals surface area contributed by atoms with Crippen molar-refractivity contribution in [3.8, 4) is 11.5 Å². The Labute approximate surface area is 193 Å². The largest absolute Gasteiger partial charge is 0.493 e. The van der Waals surface area contributed by atoms with E-state index in [2.05, 4.69) is 11.6 Å². The first-order chi connectivity index (χ1) is 15.6. The van der Waals surface area contributed by atoms with Gasteiger partial charge in [-0.05, 0) is 61.0 Å². The number of thioether (sulfide) groups is 1. The summed E-state index contributed by atoms with van der Waals surface area (Å²) in [5.41, 5.74) is 2.60. The quantitative estimate of drug-likeness (QED) is 0.372. The molecule has 32 heavy (non-hydrogen) atoms. The first-order valence-corrected chi connectivity index (χ1v) is 11.2. The van der Waals surface area contributed by atoms with E-state index in [4.69, 9.17) is 14.2 Å². The average molecular weight is 453 g/mol. The number of hydrogen-bond donors (Lipinski definition) is 0. The molecule has 0 saturated carbocycles. The summed E-state index contributed by atoms with van der Waals surface area (Å²) in [6.45, 7) is 7.13. The van der Waals surface area contributed by atoms with Crippen LogP contribution in [0.2, 0.25) is 0 Å². The van der Waals surface area contributed by atoms with Gasteiger partial charge in [0, 0.05) is 12.7 Å². The molecule has 2 aromatic carbocycles. The number of para-hydroxylation sites is 1. The predicted octanol–water partition coefficient (Wildman–Crippen LogP) is 5.07. The Morgan fingerprint density at radius 2 is 1.97 bits per heavy atom. The van der Waals surface area contributed by atoms with Gasteiger partial charge < -0.3 is 14.2 Å². The number of ether oxygens (including phenoxy) is 3. The van der Waals surface area contributed by atoms with E-state index >= 15 is 0 Å². The van der Waals surface area contributed by atoms with E-state index < -0.39 is 0 Å². The van der Waals surface area contributed by atoms with E-state index in [0.29, 0.717) is 47.8 Å². The minimum absolute atomic E-state index is 0.0965. The van der Waals surface area contributed by atoms with Gasteiger partial charge in [0.15, 0.2) is 16.7 Å². The first-order valence-electron chi connectivity index (χ1n) is 10.4. The Hall–Kier alpha value is -3.03. The van der Waals surface area contributed by atoms with Crippen LogP contribution in [0.15, 0.2) is 65.0 Å². The molecule has 7 heteroatoms. The van der Waals surface area contributed by atoms with Gasteiger partial charge in [-0.3, -0.25) is 9.69 Å². The zero-order valence-electron chi connectivity index (χ0n) is 18.7. The Balaban J connectivity index is 2.00. The maximum atomic E-state index is 13.2. The van der Waals surface area contributed by atoms with Crippen LogP contribution in [0, 0.1) is 0 Å². The molecule has 0 bridgehead atoms. The van der Waals surface area contributed by atoms with Crippen molar-refractivity contribution in [2.45, 2.75) is 13.3 Å². The summed E-state index contributed by atoms with van der Waals surface area (Å²) in [6.07, 6.45) is 4.31. The molecular formula is C25H28N2O4S. The number of allylic oxidation sites excluding steroid dienone is 1. The van der Waals surface area contributed by atoms with E-state index in [-0.39, 0.29) is 5.91 Å². The molecule has 0 atom stereocenters. The zero-order valence-corrected chi connectivity index (χ0v) is 19.5. The fourth-order valence-electron chi connectivity index (χ4n) is 3.30. The number of methoxy groups -OCH3 is 2. The molecule has 0 aliphatic carbocycles. The number of carbonyl (C=O) groups excluding carboxylic acids is 1. The second kappa shape index (κ2) is 11.5. The van der Waals surface area contributed by atoms with Crippen LogP contribution in [-0.2, 0) is 16.0 Å². The second-order valence-electron chi connectivity index (χ2n) is 6.93. The molecule has 1 saturated heterocycles. The van der Waals surface area contributed by atoms with Crippen LogP contribution in [0.5, 0.6) is 11.5 Å². The van der Waals surface area contributed by atoms with Crippen LogP contribution in [0.3, 0.4) is 0 Å². The van der Waals surface area contributed by atoms with E-state index in [1.165, 1.54) is 11.8 Å². The lowest BCUT2D eigenvalue weighted by Crippen LogP contribution is -2.32. The molecule has 0 spiro atoms. The minimum atomic E-state index is -0.0965. The summed E-state index contributed by atoms with van der Waals surface area (Å²) in [6, 6.07) is 13.5. The number of amidine groups is 1. The summed E-state index contributed by atoms with van der Waals surface area (Å²) in [7, 11) is 3.24. The first kappa shape index (κ1) is 23.6. The van der Waals surface area contributed by atoms with Crippen LogP contribution in [-0.4, -0.2) is 50.0 Å². The van der Waals surface area contributed by atoms with Gasteiger partial charge in [0.25, 0.3) is 5.91 Å². The Morgan fingerprint density at radius 3 is 2.62 bits per heavy atom. The highest BCUT2D eigenvalue weighted by Gasteiger charge is 2.33. The Bertz CT molecular complexity index is 1020. The summed E-state index contributed by atoms with van der Waals surface area (Å²) in [4.78, 5) is 20.1. The molecule has 0 aromatic heterocycles. The zero-order chi connectivity index (χ0) is 22.9. The number of amides is 1. The number of nitrogens with zero attached hydrogens (tertiary/aromatic N) is 2. The van der Waals surface area contributed by atoms with Gasteiger partial charge in [0.05, 0.1) is 37.5 Å². The van der Waals surface area contributed by atoms with Crippen LogP contribution in [0.4, 0.5) is 5.69 Å². The average Bonchev–Trinajstić information content (AvgIpc) is 3.07. The maximum Gasteiger partial charge on any atom is 0.266 e. The van der Waals surface area contributed by atoms with E-state index in [1.54, 1.807) is 19.1 Å². The third-order valence-electron chi connectivity index (χ3n) is 4.71. The third-order valence-corrected chi connectivity index (χ3v) is 5.71. The monoisotopic (exact) mass is 452 g/mol. The van der Waals surface area contributed by atoms with Crippen LogP contribution < -0.4 is 9.47 Å². The van der Waals surface area contributed by atoms with Crippen LogP contribution in [0.25, 0.3) is 6.08 Å². The number of aliphatic imine (C=N–C) groups is 1. The lowest BCUT2D eigenvalue weighted by molar-refractivity contribution is -0.122. The normalized spacial score (nSPS) is 16.1. The highest BCUT2D eigenvalue weighted by Crippen LogP contribution is 2.37. The van der Waals surface area contributed by atoms with Crippen LogP contribution >= 0.6 is 11.8 Å². The Morgan fingerprint density at radius 1 is 1.19 bits per heavy atom.